The molecule has 0 unspecified atom stereocenters. The maximum Gasteiger partial charge on any atom is 0.234 e. The number of hydrogen-bond acceptors (Lipinski definition) is 3. The molecule has 0 aromatic heterocycles. The largest absolute Gasteiger partial charge is 0.355 e. The Labute approximate surface area is 136 Å². The van der Waals surface area contributed by atoms with Gasteiger partial charge in [0.05, 0.1) is 6.54 Å². The molecule has 2 N–H and O–H groups in total. The molecule has 6 heteroatoms. The summed E-state index contributed by atoms with van der Waals surface area (Å²) in [6.07, 6.45) is 0.737. The first kappa shape index (κ1) is 17.2. The van der Waals surface area contributed by atoms with Crippen molar-refractivity contribution in [3.8, 4) is 0 Å². The van der Waals surface area contributed by atoms with E-state index in [-0.39, 0.29) is 24.1 Å². The highest BCUT2D eigenvalue weighted by Gasteiger charge is 2.36. The van der Waals surface area contributed by atoms with E-state index in [4.69, 9.17) is 0 Å². The van der Waals surface area contributed by atoms with Crippen LogP contribution in [0.25, 0.3) is 0 Å². The second-order valence-electron chi connectivity index (χ2n) is 6.10. The van der Waals surface area contributed by atoms with Crippen LogP contribution in [0.5, 0.6) is 0 Å². The van der Waals surface area contributed by atoms with Crippen molar-refractivity contribution >= 4 is 18.3 Å². The molecule has 2 heterocycles. The summed E-state index contributed by atoms with van der Waals surface area (Å²) in [4.78, 5) is 14.2. The summed E-state index contributed by atoms with van der Waals surface area (Å²) in [5.41, 5.74) is 1.04. The van der Waals surface area contributed by atoms with Gasteiger partial charge < -0.3 is 10.6 Å². The summed E-state index contributed by atoms with van der Waals surface area (Å²) < 4.78 is 12.8. The first-order valence-corrected chi connectivity index (χ1v) is 7.65. The Bertz CT molecular complexity index is 485. The summed E-state index contributed by atoms with van der Waals surface area (Å²) in [5, 5.41) is 6.35. The van der Waals surface area contributed by atoms with Crippen LogP contribution in [0.3, 0.4) is 0 Å². The summed E-state index contributed by atoms with van der Waals surface area (Å²) in [7, 11) is 0. The third kappa shape index (κ3) is 4.41. The van der Waals surface area contributed by atoms with E-state index >= 15 is 0 Å². The second-order valence-corrected chi connectivity index (χ2v) is 6.10. The number of fused-ring (bicyclic) bond motifs is 1. The zero-order valence-corrected chi connectivity index (χ0v) is 13.4. The molecule has 0 radical (unpaired) electrons. The molecule has 2 saturated heterocycles. The van der Waals surface area contributed by atoms with E-state index in [1.807, 2.05) is 0 Å². The molecule has 2 atom stereocenters. The molecule has 1 aromatic carbocycles. The quantitative estimate of drug-likeness (QED) is 0.850. The number of nitrogens with one attached hydrogen (secondary N) is 2. The Morgan fingerprint density at radius 2 is 1.86 bits per heavy atom. The molecule has 1 aromatic rings. The average molecular weight is 328 g/mol. The van der Waals surface area contributed by atoms with Crippen molar-refractivity contribution in [2.75, 3.05) is 39.3 Å². The predicted molar refractivity (Wildman–Crippen MR) is 86.7 cm³/mol. The highest BCUT2D eigenvalue weighted by molar-refractivity contribution is 5.85. The first-order valence-electron chi connectivity index (χ1n) is 7.65. The summed E-state index contributed by atoms with van der Waals surface area (Å²) in [6, 6.07) is 6.43. The molecule has 0 bridgehead atoms. The maximum atomic E-state index is 12.8. The van der Waals surface area contributed by atoms with Crippen LogP contribution in [0, 0.1) is 17.7 Å². The summed E-state index contributed by atoms with van der Waals surface area (Å²) in [5.74, 6) is 1.30. The van der Waals surface area contributed by atoms with Gasteiger partial charge in [-0.25, -0.2) is 4.39 Å². The standard InChI is InChI=1S/C16H22FN3O.ClH/c17-15-3-1-12(2-4-15)5-6-19-16(21)11-20-9-13-7-18-8-14(13)10-20;/h1-4,13-14,18H,5-11H2,(H,19,21);1H/t13-,14+;. The van der Waals surface area contributed by atoms with Gasteiger partial charge in [-0.15, -0.1) is 12.4 Å². The van der Waals surface area contributed by atoms with Gasteiger partial charge in [0, 0.05) is 19.6 Å². The lowest BCUT2D eigenvalue weighted by molar-refractivity contribution is -0.122. The molecule has 2 fully saturated rings. The van der Waals surface area contributed by atoms with Crippen molar-refractivity contribution in [1.82, 2.24) is 15.5 Å². The van der Waals surface area contributed by atoms with Crippen molar-refractivity contribution < 1.29 is 9.18 Å². The fourth-order valence-electron chi connectivity index (χ4n) is 3.34. The van der Waals surface area contributed by atoms with Crippen molar-refractivity contribution in [3.63, 3.8) is 0 Å². The number of carbonyl (C=O) groups excluding carboxylic acids is 1. The molecule has 0 saturated carbocycles. The number of likely N-dealkylation sites (tertiary alicyclic amines) is 1. The zero-order valence-electron chi connectivity index (χ0n) is 12.6. The number of benzene rings is 1. The highest BCUT2D eigenvalue weighted by atomic mass is 35.5. The molecule has 122 valence electrons. The molecule has 2 aliphatic heterocycles. The van der Waals surface area contributed by atoms with Crippen LogP contribution in [-0.4, -0.2) is 50.1 Å². The number of amides is 1. The van der Waals surface area contributed by atoms with E-state index in [0.717, 1.165) is 50.0 Å². The Hall–Kier alpha value is -1.17. The van der Waals surface area contributed by atoms with Gasteiger partial charge >= 0.3 is 0 Å². The molecule has 0 spiro atoms. The monoisotopic (exact) mass is 327 g/mol. The fourth-order valence-corrected chi connectivity index (χ4v) is 3.34. The Balaban J connectivity index is 0.00000176. The average Bonchev–Trinajstić information content (AvgIpc) is 3.02. The molecule has 1 amide bonds. The van der Waals surface area contributed by atoms with E-state index in [9.17, 15) is 9.18 Å². The third-order valence-corrected chi connectivity index (χ3v) is 4.48. The van der Waals surface area contributed by atoms with Gasteiger partial charge in [-0.2, -0.15) is 0 Å². The van der Waals surface area contributed by atoms with Gasteiger partial charge in [0.1, 0.15) is 5.82 Å². The van der Waals surface area contributed by atoms with E-state index in [2.05, 4.69) is 15.5 Å². The van der Waals surface area contributed by atoms with Gasteiger partial charge in [0.2, 0.25) is 5.91 Å². The van der Waals surface area contributed by atoms with Crippen molar-refractivity contribution in [2.24, 2.45) is 11.8 Å². The molecule has 4 nitrogen and oxygen atoms in total. The summed E-state index contributed by atoms with van der Waals surface area (Å²) in [6.45, 7) is 5.34. The Kier molecular flexibility index (Phi) is 6.17. The van der Waals surface area contributed by atoms with Gasteiger partial charge in [-0.05, 0) is 49.0 Å². The lowest BCUT2D eigenvalue weighted by atomic mass is 10.0. The minimum absolute atomic E-state index is 0. The van der Waals surface area contributed by atoms with Gasteiger partial charge in [0.25, 0.3) is 0 Å². The van der Waals surface area contributed by atoms with Crippen molar-refractivity contribution in [2.45, 2.75) is 6.42 Å². The van der Waals surface area contributed by atoms with Gasteiger partial charge in [-0.1, -0.05) is 12.1 Å². The van der Waals surface area contributed by atoms with Crippen LogP contribution in [0.4, 0.5) is 4.39 Å². The molecule has 22 heavy (non-hydrogen) atoms. The minimum atomic E-state index is -0.225. The molecular weight excluding hydrogens is 305 g/mol. The Morgan fingerprint density at radius 1 is 1.23 bits per heavy atom. The molecular formula is C16H23ClFN3O. The fraction of sp³-hybridized carbons (Fsp3) is 0.562. The van der Waals surface area contributed by atoms with Gasteiger partial charge in [-0.3, -0.25) is 9.69 Å². The molecule has 0 aliphatic carbocycles. The number of carbonyl (C=O) groups is 1. The molecule has 2 aliphatic rings. The van der Waals surface area contributed by atoms with Crippen molar-refractivity contribution in [3.05, 3.63) is 35.6 Å². The van der Waals surface area contributed by atoms with E-state index < -0.39 is 0 Å². The smallest absolute Gasteiger partial charge is 0.234 e. The van der Waals surface area contributed by atoms with Crippen LogP contribution < -0.4 is 10.6 Å². The second kappa shape index (κ2) is 7.90. The van der Waals surface area contributed by atoms with E-state index in [1.54, 1.807) is 12.1 Å². The van der Waals surface area contributed by atoms with Crippen LogP contribution in [0.2, 0.25) is 0 Å². The first-order chi connectivity index (χ1) is 10.2. The predicted octanol–water partition coefficient (Wildman–Crippen LogP) is 1.06. The van der Waals surface area contributed by atoms with Crippen molar-refractivity contribution in [1.29, 1.82) is 0 Å². The van der Waals surface area contributed by atoms with E-state index in [1.165, 1.54) is 12.1 Å². The third-order valence-electron chi connectivity index (χ3n) is 4.48. The van der Waals surface area contributed by atoms with Crippen LogP contribution in [-0.2, 0) is 11.2 Å². The minimum Gasteiger partial charge on any atom is -0.355 e. The highest BCUT2D eigenvalue weighted by Crippen LogP contribution is 2.25. The van der Waals surface area contributed by atoms with Crippen LogP contribution >= 0.6 is 12.4 Å². The maximum absolute atomic E-state index is 12.8. The number of halogens is 2. The van der Waals surface area contributed by atoms with Crippen LogP contribution in [0.1, 0.15) is 5.56 Å². The number of nitrogens with zero attached hydrogens (tertiary/aromatic N) is 1. The molecule has 3 rings (SSSR count). The van der Waals surface area contributed by atoms with Gasteiger partial charge in [0.15, 0.2) is 0 Å². The number of hydrogen-bond donors (Lipinski definition) is 2. The SMILES string of the molecule is Cl.O=C(CN1C[C@H]2CNC[C@H]2C1)NCCc1ccc(F)cc1. The lowest BCUT2D eigenvalue weighted by Crippen LogP contribution is -2.38. The zero-order chi connectivity index (χ0) is 14.7. The summed E-state index contributed by atoms with van der Waals surface area (Å²) >= 11 is 0. The topological polar surface area (TPSA) is 44.4 Å². The van der Waals surface area contributed by atoms with Crippen LogP contribution in [0.15, 0.2) is 24.3 Å². The van der Waals surface area contributed by atoms with E-state index in [0.29, 0.717) is 13.1 Å². The lowest BCUT2D eigenvalue weighted by Gasteiger charge is -2.16. The number of rotatable bonds is 5. The normalized spacial score (nSPS) is 23.9. The Morgan fingerprint density at radius 3 is 2.50 bits per heavy atom.